The Labute approximate surface area is 206 Å². The van der Waals surface area contributed by atoms with Crippen LogP contribution in [0.1, 0.15) is 35.2 Å². The summed E-state index contributed by atoms with van der Waals surface area (Å²) in [5.41, 5.74) is 0.839. The molecule has 1 spiro atoms. The first kappa shape index (κ1) is 25.0. The minimum atomic E-state index is -0.970. The van der Waals surface area contributed by atoms with Crippen molar-refractivity contribution in [3.05, 3.63) is 59.7 Å². The van der Waals surface area contributed by atoms with Crippen molar-refractivity contribution >= 4 is 11.8 Å². The number of carbonyl (C=O) groups is 2. The Morgan fingerprint density at radius 1 is 1.06 bits per heavy atom. The van der Waals surface area contributed by atoms with E-state index in [2.05, 4.69) is 0 Å². The molecule has 2 atom stereocenters. The lowest BCUT2D eigenvalue weighted by Gasteiger charge is -2.45. The van der Waals surface area contributed by atoms with Gasteiger partial charge in [-0.15, -0.1) is 0 Å². The van der Waals surface area contributed by atoms with Crippen LogP contribution in [0, 0.1) is 5.41 Å². The highest BCUT2D eigenvalue weighted by Crippen LogP contribution is 2.39. The third-order valence-electron chi connectivity index (χ3n) is 7.29. The van der Waals surface area contributed by atoms with Gasteiger partial charge in [-0.1, -0.05) is 30.3 Å². The summed E-state index contributed by atoms with van der Waals surface area (Å²) in [5.74, 6) is 0.828. The highest BCUT2D eigenvalue weighted by atomic mass is 16.5. The summed E-state index contributed by atoms with van der Waals surface area (Å²) >= 11 is 0. The third-order valence-corrected chi connectivity index (χ3v) is 7.29. The first-order valence-electron chi connectivity index (χ1n) is 12.0. The van der Waals surface area contributed by atoms with Crippen molar-refractivity contribution in [1.29, 1.82) is 0 Å². The Hall–Kier alpha value is -3.10. The van der Waals surface area contributed by atoms with Crippen LogP contribution in [0.15, 0.2) is 48.5 Å². The lowest BCUT2D eigenvalue weighted by atomic mass is 9.72. The second-order valence-electron chi connectivity index (χ2n) is 9.68. The minimum Gasteiger partial charge on any atom is -0.496 e. The molecule has 4 rings (SSSR count). The molecule has 0 bridgehead atoms. The van der Waals surface area contributed by atoms with E-state index in [9.17, 15) is 19.8 Å². The van der Waals surface area contributed by atoms with E-state index in [0.29, 0.717) is 56.0 Å². The summed E-state index contributed by atoms with van der Waals surface area (Å²) in [6, 6.07) is 14.4. The quantitative estimate of drug-likeness (QED) is 0.680. The molecular formula is C27H34N2O6. The number of aliphatic hydroxyl groups excluding tert-OH is 2. The standard InChI is InChI=1S/C27H34N2O6/c1-28-18-27(11-13-29(14-12-27)26(33)20-8-4-6-10-24(20)34-2)16-22(31)21(30)15-19-7-3-5-9-23(19)35-17-25(28)32/h3-10,21-22,30-31H,11-18H2,1-2H3/t21-,22+/m0/s1. The maximum atomic E-state index is 13.2. The number of benzene rings is 2. The highest BCUT2D eigenvalue weighted by Gasteiger charge is 2.41. The predicted molar refractivity (Wildman–Crippen MR) is 130 cm³/mol. The van der Waals surface area contributed by atoms with Gasteiger partial charge in [-0.05, 0) is 48.4 Å². The summed E-state index contributed by atoms with van der Waals surface area (Å²) in [6.07, 6.45) is -0.159. The summed E-state index contributed by atoms with van der Waals surface area (Å²) in [6.45, 7) is 1.29. The summed E-state index contributed by atoms with van der Waals surface area (Å²) in [4.78, 5) is 29.5. The molecule has 1 fully saturated rings. The molecule has 2 aromatic carbocycles. The molecule has 8 heteroatoms. The van der Waals surface area contributed by atoms with E-state index >= 15 is 0 Å². The van der Waals surface area contributed by atoms with Gasteiger partial charge in [0.25, 0.3) is 11.8 Å². The van der Waals surface area contributed by atoms with Crippen molar-refractivity contribution in [3.63, 3.8) is 0 Å². The van der Waals surface area contributed by atoms with E-state index in [-0.39, 0.29) is 24.8 Å². The van der Waals surface area contributed by atoms with Gasteiger partial charge in [-0.3, -0.25) is 9.59 Å². The summed E-state index contributed by atoms with van der Waals surface area (Å²) < 4.78 is 11.1. The number of para-hydroxylation sites is 2. The average Bonchev–Trinajstić information content (AvgIpc) is 2.87. The molecule has 0 radical (unpaired) electrons. The molecule has 2 amide bonds. The molecule has 2 aliphatic heterocycles. The zero-order valence-corrected chi connectivity index (χ0v) is 20.4. The number of likely N-dealkylation sites (tertiary alicyclic amines) is 1. The Kier molecular flexibility index (Phi) is 7.62. The fourth-order valence-electron chi connectivity index (χ4n) is 5.20. The lowest BCUT2D eigenvalue weighted by molar-refractivity contribution is -0.135. The van der Waals surface area contributed by atoms with Crippen LogP contribution < -0.4 is 9.47 Å². The van der Waals surface area contributed by atoms with Gasteiger partial charge >= 0.3 is 0 Å². The topological polar surface area (TPSA) is 99.5 Å². The van der Waals surface area contributed by atoms with Gasteiger partial charge in [0.1, 0.15) is 11.5 Å². The molecule has 0 aromatic heterocycles. The molecule has 2 heterocycles. The first-order chi connectivity index (χ1) is 16.8. The van der Waals surface area contributed by atoms with Gasteiger partial charge in [0, 0.05) is 33.1 Å². The summed E-state index contributed by atoms with van der Waals surface area (Å²) in [5, 5.41) is 21.8. The number of hydrogen-bond acceptors (Lipinski definition) is 6. The van der Waals surface area contributed by atoms with Gasteiger partial charge in [-0.25, -0.2) is 0 Å². The zero-order valence-electron chi connectivity index (χ0n) is 20.4. The Bertz CT molecular complexity index is 1050. The number of rotatable bonds is 2. The molecule has 35 heavy (non-hydrogen) atoms. The lowest BCUT2D eigenvalue weighted by Crippen LogP contribution is -2.51. The number of likely N-dealkylation sites (N-methyl/N-ethyl adjacent to an activating group) is 1. The number of ether oxygens (including phenoxy) is 2. The van der Waals surface area contributed by atoms with Crippen molar-refractivity contribution in [2.45, 2.75) is 37.9 Å². The SMILES string of the molecule is COc1ccccc1C(=O)N1CCC2(CC1)C[C@@H](O)[C@@H](O)Cc1ccccc1OCC(=O)N(C)C2. The zero-order chi connectivity index (χ0) is 25.0. The monoisotopic (exact) mass is 482 g/mol. The molecular weight excluding hydrogens is 448 g/mol. The molecule has 1 saturated heterocycles. The number of nitrogens with zero attached hydrogens (tertiary/aromatic N) is 2. The summed E-state index contributed by atoms with van der Waals surface area (Å²) in [7, 11) is 3.28. The second-order valence-corrected chi connectivity index (χ2v) is 9.68. The second kappa shape index (κ2) is 10.7. The number of aliphatic hydroxyl groups is 2. The molecule has 2 aromatic rings. The van der Waals surface area contributed by atoms with E-state index in [4.69, 9.17) is 9.47 Å². The van der Waals surface area contributed by atoms with Gasteiger partial charge in [0.15, 0.2) is 6.61 Å². The number of methoxy groups -OCH3 is 1. The molecule has 0 aliphatic carbocycles. The number of fused-ring (bicyclic) bond motifs is 1. The van der Waals surface area contributed by atoms with Gasteiger partial charge in [0.05, 0.1) is 24.9 Å². The number of piperidine rings is 1. The molecule has 188 valence electrons. The maximum Gasteiger partial charge on any atom is 0.260 e. The van der Waals surface area contributed by atoms with Crippen LogP contribution in [0.4, 0.5) is 0 Å². The van der Waals surface area contributed by atoms with Crippen LogP contribution in [0.2, 0.25) is 0 Å². The van der Waals surface area contributed by atoms with Crippen molar-refractivity contribution in [2.75, 3.05) is 40.4 Å². The third kappa shape index (κ3) is 5.60. The molecule has 2 N–H and O–H groups in total. The first-order valence-corrected chi connectivity index (χ1v) is 12.0. The van der Waals surface area contributed by atoms with Gasteiger partial charge in [0.2, 0.25) is 0 Å². The van der Waals surface area contributed by atoms with Gasteiger partial charge < -0.3 is 29.5 Å². The van der Waals surface area contributed by atoms with Crippen LogP contribution in [0.5, 0.6) is 11.5 Å². The number of amides is 2. The average molecular weight is 483 g/mol. The largest absolute Gasteiger partial charge is 0.496 e. The fraction of sp³-hybridized carbons (Fsp3) is 0.481. The maximum absolute atomic E-state index is 13.2. The van der Waals surface area contributed by atoms with E-state index in [1.54, 1.807) is 42.2 Å². The van der Waals surface area contributed by atoms with Crippen LogP contribution in [0.25, 0.3) is 0 Å². The number of hydrogen-bond donors (Lipinski definition) is 2. The van der Waals surface area contributed by atoms with Crippen LogP contribution >= 0.6 is 0 Å². The van der Waals surface area contributed by atoms with Crippen molar-refractivity contribution in [2.24, 2.45) is 5.41 Å². The van der Waals surface area contributed by atoms with E-state index in [1.165, 1.54) is 0 Å². The number of carbonyl (C=O) groups excluding carboxylic acids is 2. The van der Waals surface area contributed by atoms with E-state index < -0.39 is 17.6 Å². The Balaban J connectivity index is 1.53. The van der Waals surface area contributed by atoms with E-state index in [0.717, 1.165) is 5.56 Å². The van der Waals surface area contributed by atoms with E-state index in [1.807, 2.05) is 30.3 Å². The van der Waals surface area contributed by atoms with Crippen LogP contribution in [-0.4, -0.2) is 84.4 Å². The Morgan fingerprint density at radius 3 is 2.49 bits per heavy atom. The van der Waals surface area contributed by atoms with Crippen molar-refractivity contribution in [3.8, 4) is 11.5 Å². The fourth-order valence-corrected chi connectivity index (χ4v) is 5.20. The Morgan fingerprint density at radius 2 is 1.74 bits per heavy atom. The smallest absolute Gasteiger partial charge is 0.260 e. The normalized spacial score (nSPS) is 23.0. The van der Waals surface area contributed by atoms with Crippen molar-refractivity contribution < 1.29 is 29.3 Å². The molecule has 8 nitrogen and oxygen atoms in total. The molecule has 2 aliphatic rings. The highest BCUT2D eigenvalue weighted by molar-refractivity contribution is 5.97. The van der Waals surface area contributed by atoms with Gasteiger partial charge in [-0.2, -0.15) is 0 Å². The van der Waals surface area contributed by atoms with Crippen molar-refractivity contribution in [1.82, 2.24) is 9.80 Å². The predicted octanol–water partition coefficient (Wildman–Crippen LogP) is 2.12. The van der Waals surface area contributed by atoms with Crippen LogP contribution in [0.3, 0.4) is 0 Å². The van der Waals surface area contributed by atoms with Crippen LogP contribution in [-0.2, 0) is 11.2 Å². The molecule has 0 unspecified atom stereocenters. The minimum absolute atomic E-state index is 0.0966. The molecule has 0 saturated carbocycles.